The van der Waals surface area contributed by atoms with Crippen molar-refractivity contribution in [3.05, 3.63) is 247 Å². The second kappa shape index (κ2) is 13.6. The van der Waals surface area contributed by atoms with Gasteiger partial charge < -0.3 is 4.90 Å². The van der Waals surface area contributed by atoms with E-state index in [0.29, 0.717) is 0 Å². The van der Waals surface area contributed by atoms with E-state index >= 15 is 0 Å². The van der Waals surface area contributed by atoms with E-state index < -0.39 is 5.41 Å². The van der Waals surface area contributed by atoms with Crippen LogP contribution in [0.1, 0.15) is 22.3 Å². The zero-order chi connectivity index (χ0) is 37.8. The minimum absolute atomic E-state index is 0.396. The lowest BCUT2D eigenvalue weighted by atomic mass is 9.67. The maximum Gasteiger partial charge on any atom is 0.0713 e. The number of benzene rings is 9. The van der Waals surface area contributed by atoms with E-state index in [9.17, 15) is 0 Å². The van der Waals surface area contributed by atoms with Crippen LogP contribution in [-0.2, 0) is 5.41 Å². The molecule has 0 aliphatic heterocycles. The quantitative estimate of drug-likeness (QED) is 0.157. The third kappa shape index (κ3) is 5.44. The summed E-state index contributed by atoms with van der Waals surface area (Å²) in [6.07, 6.45) is 0. The lowest BCUT2D eigenvalue weighted by Crippen LogP contribution is -2.28. The summed E-state index contributed by atoms with van der Waals surface area (Å²) in [5.41, 5.74) is 15.7. The molecule has 0 amide bonds. The molecule has 11 rings (SSSR count). The Morgan fingerprint density at radius 3 is 1.40 bits per heavy atom. The number of rotatable bonds is 7. The fourth-order valence-electron chi connectivity index (χ4n) is 9.17. The highest BCUT2D eigenvalue weighted by Gasteiger charge is 2.45. The highest BCUT2D eigenvalue weighted by Crippen LogP contribution is 2.56. The first-order chi connectivity index (χ1) is 28.3. The summed E-state index contributed by atoms with van der Waals surface area (Å²) in [6, 6.07) is 82.3. The van der Waals surface area contributed by atoms with Crippen molar-refractivity contribution in [3.63, 3.8) is 0 Å². The Kier molecular flexibility index (Phi) is 7.98. The predicted molar refractivity (Wildman–Crippen MR) is 242 cm³/mol. The van der Waals surface area contributed by atoms with Crippen molar-refractivity contribution in [2.75, 3.05) is 4.90 Å². The molecule has 1 aliphatic rings. The van der Waals surface area contributed by atoms with Gasteiger partial charge in [0.1, 0.15) is 0 Å². The van der Waals surface area contributed by atoms with E-state index in [1.807, 2.05) is 11.3 Å². The van der Waals surface area contributed by atoms with E-state index in [1.54, 1.807) is 0 Å². The molecule has 0 saturated carbocycles. The standard InChI is InChI=1S/C55H37NS/c1-4-14-38(15-5-1)41-28-34-49-50-35-33-46(37-54(50)57-53(49)36-41)56(44-18-8-3-9-19-44)45-31-26-40(27-32-45)39-24-29-43(30-25-39)55(42-16-6-2-7-17-42)51-22-12-10-20-47(51)48-21-11-13-23-52(48)55/h1-37H. The van der Waals surface area contributed by atoms with Gasteiger partial charge in [-0.05, 0) is 98.1 Å². The number of para-hydroxylation sites is 1. The number of nitrogens with zero attached hydrogens (tertiary/aromatic N) is 1. The summed E-state index contributed by atoms with van der Waals surface area (Å²) in [4.78, 5) is 2.37. The van der Waals surface area contributed by atoms with Gasteiger partial charge in [-0.15, -0.1) is 11.3 Å². The average Bonchev–Trinajstić information content (AvgIpc) is 3.81. The number of anilines is 3. The Morgan fingerprint density at radius 2 is 0.754 bits per heavy atom. The molecule has 0 saturated heterocycles. The van der Waals surface area contributed by atoms with Crippen molar-refractivity contribution >= 4 is 48.6 Å². The second-order valence-corrected chi connectivity index (χ2v) is 15.9. The van der Waals surface area contributed by atoms with Gasteiger partial charge in [0.25, 0.3) is 0 Å². The summed E-state index contributed by atoms with van der Waals surface area (Å²) < 4.78 is 2.59. The fraction of sp³-hybridized carbons (Fsp3) is 0.0182. The predicted octanol–water partition coefficient (Wildman–Crippen LogP) is 15.2. The molecule has 10 aromatic rings. The first-order valence-electron chi connectivity index (χ1n) is 19.6. The Labute approximate surface area is 337 Å². The van der Waals surface area contributed by atoms with Crippen LogP contribution in [0.15, 0.2) is 224 Å². The monoisotopic (exact) mass is 743 g/mol. The lowest BCUT2D eigenvalue weighted by Gasteiger charge is -2.34. The summed E-state index contributed by atoms with van der Waals surface area (Å²) in [5, 5.41) is 2.60. The highest BCUT2D eigenvalue weighted by molar-refractivity contribution is 7.25. The maximum atomic E-state index is 2.37. The normalized spacial score (nSPS) is 12.7. The fourth-order valence-corrected chi connectivity index (χ4v) is 10.3. The molecule has 57 heavy (non-hydrogen) atoms. The van der Waals surface area contributed by atoms with Crippen LogP contribution >= 0.6 is 11.3 Å². The summed E-state index contributed by atoms with van der Waals surface area (Å²) in [6.45, 7) is 0. The molecule has 0 unspecified atom stereocenters. The van der Waals surface area contributed by atoms with Crippen LogP contribution in [0.5, 0.6) is 0 Å². The van der Waals surface area contributed by atoms with Crippen molar-refractivity contribution in [2.45, 2.75) is 5.41 Å². The molecule has 0 radical (unpaired) electrons. The van der Waals surface area contributed by atoms with Crippen molar-refractivity contribution in [1.29, 1.82) is 0 Å². The average molecular weight is 744 g/mol. The van der Waals surface area contributed by atoms with Gasteiger partial charge in [-0.25, -0.2) is 0 Å². The topological polar surface area (TPSA) is 3.24 Å². The van der Waals surface area contributed by atoms with Crippen molar-refractivity contribution in [1.82, 2.24) is 0 Å². The van der Waals surface area contributed by atoms with Gasteiger partial charge in [-0.1, -0.05) is 182 Å². The number of thiophene rings is 1. The van der Waals surface area contributed by atoms with Crippen LogP contribution < -0.4 is 4.90 Å². The molecule has 0 fully saturated rings. The van der Waals surface area contributed by atoms with Gasteiger partial charge in [-0.2, -0.15) is 0 Å². The van der Waals surface area contributed by atoms with Gasteiger partial charge in [0, 0.05) is 37.2 Å². The Balaban J connectivity index is 0.960. The number of fused-ring (bicyclic) bond motifs is 6. The lowest BCUT2D eigenvalue weighted by molar-refractivity contribution is 0.768. The third-order valence-electron chi connectivity index (χ3n) is 11.8. The molecule has 1 aromatic heterocycles. The SMILES string of the molecule is c1ccc(-c2ccc3c(c2)sc2cc(N(c4ccccc4)c4ccc(-c5ccc(C6(c7ccccc7)c7ccccc7-c7ccccc76)cc5)cc4)ccc23)cc1. The largest absolute Gasteiger partial charge is 0.310 e. The van der Waals surface area contributed by atoms with E-state index in [0.717, 1.165) is 17.1 Å². The van der Waals surface area contributed by atoms with Crippen LogP contribution in [0.2, 0.25) is 0 Å². The van der Waals surface area contributed by atoms with Crippen LogP contribution in [0.25, 0.3) is 53.6 Å². The van der Waals surface area contributed by atoms with Crippen LogP contribution in [0.3, 0.4) is 0 Å². The molecule has 1 aliphatic carbocycles. The first-order valence-corrected chi connectivity index (χ1v) is 20.4. The first kappa shape index (κ1) is 33.3. The zero-order valence-electron chi connectivity index (χ0n) is 31.2. The molecular formula is C55H37NS. The van der Waals surface area contributed by atoms with E-state index in [4.69, 9.17) is 0 Å². The molecule has 1 heterocycles. The molecule has 0 N–H and O–H groups in total. The van der Waals surface area contributed by atoms with E-state index in [1.165, 1.54) is 75.8 Å². The molecule has 268 valence electrons. The summed E-state index contributed by atoms with van der Waals surface area (Å²) in [7, 11) is 0. The minimum atomic E-state index is -0.396. The van der Waals surface area contributed by atoms with Gasteiger partial charge in [0.2, 0.25) is 0 Å². The van der Waals surface area contributed by atoms with Gasteiger partial charge in [0.15, 0.2) is 0 Å². The molecular weight excluding hydrogens is 707 g/mol. The van der Waals surface area contributed by atoms with E-state index in [-0.39, 0.29) is 0 Å². The molecule has 0 atom stereocenters. The minimum Gasteiger partial charge on any atom is -0.310 e. The molecule has 0 spiro atoms. The van der Waals surface area contributed by atoms with Crippen LogP contribution in [0, 0.1) is 0 Å². The highest BCUT2D eigenvalue weighted by atomic mass is 32.1. The molecule has 2 heteroatoms. The Hall–Kier alpha value is -7.00. The zero-order valence-corrected chi connectivity index (χ0v) is 32.0. The second-order valence-electron chi connectivity index (χ2n) is 14.9. The van der Waals surface area contributed by atoms with Crippen molar-refractivity contribution in [3.8, 4) is 33.4 Å². The molecule has 9 aromatic carbocycles. The molecule has 0 bridgehead atoms. The van der Waals surface area contributed by atoms with Gasteiger partial charge >= 0.3 is 0 Å². The van der Waals surface area contributed by atoms with E-state index in [2.05, 4.69) is 229 Å². The number of hydrogen-bond donors (Lipinski definition) is 0. The third-order valence-corrected chi connectivity index (χ3v) is 12.9. The maximum absolute atomic E-state index is 2.37. The van der Waals surface area contributed by atoms with Gasteiger partial charge in [0.05, 0.1) is 5.41 Å². The smallest absolute Gasteiger partial charge is 0.0713 e. The Bertz CT molecular complexity index is 2990. The summed E-state index contributed by atoms with van der Waals surface area (Å²) >= 11 is 1.87. The Morgan fingerprint density at radius 1 is 0.316 bits per heavy atom. The van der Waals surface area contributed by atoms with Crippen molar-refractivity contribution in [2.24, 2.45) is 0 Å². The van der Waals surface area contributed by atoms with Crippen LogP contribution in [0.4, 0.5) is 17.1 Å². The van der Waals surface area contributed by atoms with Crippen LogP contribution in [-0.4, -0.2) is 0 Å². The molecule has 1 nitrogen and oxygen atoms in total. The van der Waals surface area contributed by atoms with Gasteiger partial charge in [-0.3, -0.25) is 0 Å². The number of hydrogen-bond acceptors (Lipinski definition) is 2. The van der Waals surface area contributed by atoms with Crippen molar-refractivity contribution < 1.29 is 0 Å². The summed E-state index contributed by atoms with van der Waals surface area (Å²) in [5.74, 6) is 0.